The summed E-state index contributed by atoms with van der Waals surface area (Å²) in [4.78, 5) is 12.4. The molecule has 0 aromatic heterocycles. The molecular weight excluding hydrogens is 276 g/mol. The molecule has 112 valence electrons. The van der Waals surface area contributed by atoms with E-state index in [1.807, 2.05) is 13.8 Å². The maximum absolute atomic E-state index is 12.2. The highest BCUT2D eigenvalue weighted by molar-refractivity contribution is 7.90. The van der Waals surface area contributed by atoms with Gasteiger partial charge in [0, 0.05) is 17.4 Å². The van der Waals surface area contributed by atoms with Gasteiger partial charge in [0.15, 0.2) is 9.84 Å². The number of hydrogen-bond donors (Lipinski definition) is 2. The molecule has 1 aromatic rings. The molecule has 0 heterocycles. The van der Waals surface area contributed by atoms with E-state index in [0.717, 1.165) is 12.7 Å². The van der Waals surface area contributed by atoms with Gasteiger partial charge >= 0.3 is 0 Å². The average Bonchev–Trinajstić information content (AvgIpc) is 2.38. The number of rotatable bonds is 6. The summed E-state index contributed by atoms with van der Waals surface area (Å²) >= 11 is 0. The molecule has 0 fully saturated rings. The molecule has 1 aromatic carbocycles. The van der Waals surface area contributed by atoms with Crippen LogP contribution in [-0.2, 0) is 9.84 Å². The van der Waals surface area contributed by atoms with Crippen molar-refractivity contribution in [1.82, 2.24) is 5.32 Å². The minimum Gasteiger partial charge on any atom is -0.347 e. The van der Waals surface area contributed by atoms with E-state index in [0.29, 0.717) is 18.5 Å². The number of sulfone groups is 1. The SMILES string of the molecule is CCC(C)(CCN)NC(=O)c1cccc(S(C)(=O)=O)c1. The first-order valence-corrected chi connectivity index (χ1v) is 8.44. The summed E-state index contributed by atoms with van der Waals surface area (Å²) in [5.41, 5.74) is 5.51. The third-order valence-corrected chi connectivity index (χ3v) is 4.53. The van der Waals surface area contributed by atoms with Crippen LogP contribution in [0, 0.1) is 0 Å². The number of nitrogens with one attached hydrogen (secondary N) is 1. The van der Waals surface area contributed by atoms with Gasteiger partial charge in [-0.3, -0.25) is 4.79 Å². The Hall–Kier alpha value is -1.40. The van der Waals surface area contributed by atoms with Crippen LogP contribution in [-0.4, -0.2) is 32.7 Å². The van der Waals surface area contributed by atoms with Crippen LogP contribution in [0.1, 0.15) is 37.0 Å². The number of amides is 1. The van der Waals surface area contributed by atoms with E-state index in [2.05, 4.69) is 5.32 Å². The molecule has 0 aliphatic heterocycles. The molecule has 0 saturated heterocycles. The quantitative estimate of drug-likeness (QED) is 0.829. The van der Waals surface area contributed by atoms with Gasteiger partial charge in [-0.15, -0.1) is 0 Å². The molecule has 20 heavy (non-hydrogen) atoms. The Kier molecular flexibility index (Phi) is 5.30. The van der Waals surface area contributed by atoms with E-state index in [1.54, 1.807) is 12.1 Å². The van der Waals surface area contributed by atoms with Crippen LogP contribution in [0.15, 0.2) is 29.2 Å². The van der Waals surface area contributed by atoms with Crippen LogP contribution in [0.25, 0.3) is 0 Å². The maximum Gasteiger partial charge on any atom is 0.251 e. The van der Waals surface area contributed by atoms with Crippen molar-refractivity contribution in [1.29, 1.82) is 0 Å². The van der Waals surface area contributed by atoms with Gasteiger partial charge in [0.25, 0.3) is 5.91 Å². The van der Waals surface area contributed by atoms with Gasteiger partial charge in [-0.2, -0.15) is 0 Å². The van der Waals surface area contributed by atoms with Crippen molar-refractivity contribution in [2.45, 2.75) is 37.1 Å². The van der Waals surface area contributed by atoms with E-state index in [9.17, 15) is 13.2 Å². The molecule has 3 N–H and O–H groups in total. The highest BCUT2D eigenvalue weighted by atomic mass is 32.2. The van der Waals surface area contributed by atoms with Gasteiger partial charge in [-0.05, 0) is 44.5 Å². The second-order valence-electron chi connectivity index (χ2n) is 5.21. The van der Waals surface area contributed by atoms with Gasteiger partial charge < -0.3 is 11.1 Å². The van der Waals surface area contributed by atoms with Crippen molar-refractivity contribution in [2.75, 3.05) is 12.8 Å². The van der Waals surface area contributed by atoms with E-state index < -0.39 is 9.84 Å². The minimum absolute atomic E-state index is 0.141. The first kappa shape index (κ1) is 16.7. The zero-order valence-corrected chi connectivity index (χ0v) is 13.0. The Labute approximate surface area is 120 Å². The van der Waals surface area contributed by atoms with Crippen molar-refractivity contribution in [3.05, 3.63) is 29.8 Å². The summed E-state index contributed by atoms with van der Waals surface area (Å²) in [5.74, 6) is -0.284. The van der Waals surface area contributed by atoms with Gasteiger partial charge in [0.05, 0.1) is 4.90 Å². The molecular formula is C14H22N2O3S. The van der Waals surface area contributed by atoms with Gasteiger partial charge in [0.1, 0.15) is 0 Å². The van der Waals surface area contributed by atoms with Gasteiger partial charge in [-0.1, -0.05) is 13.0 Å². The van der Waals surface area contributed by atoms with Crippen molar-refractivity contribution in [3.8, 4) is 0 Å². The molecule has 1 amide bonds. The zero-order chi connectivity index (χ0) is 15.4. The van der Waals surface area contributed by atoms with Gasteiger partial charge in [-0.25, -0.2) is 8.42 Å². The molecule has 5 nitrogen and oxygen atoms in total. The Bertz CT molecular complexity index is 584. The standard InChI is InChI=1S/C14H22N2O3S/c1-4-14(2,8-9-15)16-13(17)11-6-5-7-12(10-11)20(3,18)19/h5-7,10H,4,8-9,15H2,1-3H3,(H,16,17). The Morgan fingerprint density at radius 1 is 1.40 bits per heavy atom. The number of nitrogens with two attached hydrogens (primary N) is 1. The summed E-state index contributed by atoms with van der Waals surface area (Å²) < 4.78 is 23.0. The van der Waals surface area contributed by atoms with Crippen LogP contribution in [0.3, 0.4) is 0 Å². The van der Waals surface area contributed by atoms with E-state index in [-0.39, 0.29) is 16.3 Å². The summed E-state index contributed by atoms with van der Waals surface area (Å²) in [6.45, 7) is 4.38. The summed E-state index contributed by atoms with van der Waals surface area (Å²) in [6.07, 6.45) is 2.54. The lowest BCUT2D eigenvalue weighted by molar-refractivity contribution is 0.0899. The molecule has 0 spiro atoms. The fraction of sp³-hybridized carbons (Fsp3) is 0.500. The predicted molar refractivity (Wildman–Crippen MR) is 79.4 cm³/mol. The molecule has 0 radical (unpaired) electrons. The number of carbonyl (C=O) groups is 1. The largest absolute Gasteiger partial charge is 0.347 e. The summed E-state index contributed by atoms with van der Waals surface area (Å²) in [6, 6.07) is 6.04. The number of benzene rings is 1. The molecule has 0 bridgehead atoms. The first-order chi connectivity index (χ1) is 9.22. The smallest absolute Gasteiger partial charge is 0.251 e. The summed E-state index contributed by atoms with van der Waals surface area (Å²) in [5, 5.41) is 2.93. The highest BCUT2D eigenvalue weighted by Crippen LogP contribution is 2.16. The maximum atomic E-state index is 12.2. The number of carbonyl (C=O) groups excluding carboxylic acids is 1. The zero-order valence-electron chi connectivity index (χ0n) is 12.1. The average molecular weight is 298 g/mol. The third-order valence-electron chi connectivity index (χ3n) is 3.42. The van der Waals surface area contributed by atoms with Crippen molar-refractivity contribution >= 4 is 15.7 Å². The van der Waals surface area contributed by atoms with E-state index in [1.165, 1.54) is 12.1 Å². The molecule has 1 rings (SSSR count). The van der Waals surface area contributed by atoms with Crippen LogP contribution in [0.5, 0.6) is 0 Å². The predicted octanol–water partition coefficient (Wildman–Crippen LogP) is 1.34. The highest BCUT2D eigenvalue weighted by Gasteiger charge is 2.24. The fourth-order valence-electron chi connectivity index (χ4n) is 1.86. The molecule has 1 atom stereocenters. The van der Waals surface area contributed by atoms with Crippen LogP contribution >= 0.6 is 0 Å². The Balaban J connectivity index is 2.99. The number of hydrogen-bond acceptors (Lipinski definition) is 4. The topological polar surface area (TPSA) is 89.3 Å². The Morgan fingerprint density at radius 2 is 2.05 bits per heavy atom. The second-order valence-corrected chi connectivity index (χ2v) is 7.22. The Morgan fingerprint density at radius 3 is 2.55 bits per heavy atom. The van der Waals surface area contributed by atoms with Crippen molar-refractivity contribution < 1.29 is 13.2 Å². The molecule has 0 aliphatic rings. The molecule has 0 aliphatic carbocycles. The van der Waals surface area contributed by atoms with Crippen LogP contribution < -0.4 is 11.1 Å². The van der Waals surface area contributed by atoms with Crippen LogP contribution in [0.2, 0.25) is 0 Å². The van der Waals surface area contributed by atoms with Crippen LogP contribution in [0.4, 0.5) is 0 Å². The van der Waals surface area contributed by atoms with E-state index >= 15 is 0 Å². The third kappa shape index (κ3) is 4.31. The fourth-order valence-corrected chi connectivity index (χ4v) is 2.53. The summed E-state index contributed by atoms with van der Waals surface area (Å²) in [7, 11) is -3.32. The molecule has 1 unspecified atom stereocenters. The molecule has 6 heteroatoms. The lowest BCUT2D eigenvalue weighted by Crippen LogP contribution is -2.46. The van der Waals surface area contributed by atoms with Crippen molar-refractivity contribution in [2.24, 2.45) is 5.73 Å². The lowest BCUT2D eigenvalue weighted by atomic mass is 9.94. The monoisotopic (exact) mass is 298 g/mol. The van der Waals surface area contributed by atoms with Crippen molar-refractivity contribution in [3.63, 3.8) is 0 Å². The first-order valence-electron chi connectivity index (χ1n) is 6.54. The van der Waals surface area contributed by atoms with Gasteiger partial charge in [0.2, 0.25) is 0 Å². The normalized spacial score (nSPS) is 14.6. The molecule has 0 saturated carbocycles. The van der Waals surface area contributed by atoms with E-state index in [4.69, 9.17) is 5.73 Å². The second kappa shape index (κ2) is 6.37. The minimum atomic E-state index is -3.32. The lowest BCUT2D eigenvalue weighted by Gasteiger charge is -2.29.